The minimum Gasteiger partial charge on any atom is -0.492 e. The van der Waals surface area contributed by atoms with E-state index < -0.39 is 0 Å². The molecule has 0 saturated carbocycles. The average Bonchev–Trinajstić information content (AvgIpc) is 2.08. The molecule has 13 heavy (non-hydrogen) atoms. The summed E-state index contributed by atoms with van der Waals surface area (Å²) in [5.74, 6) is 1.54. The molecule has 0 atom stereocenters. The highest BCUT2D eigenvalue weighted by Crippen LogP contribution is 2.08. The predicted octanol–water partition coefficient (Wildman–Crippen LogP) is 3.17. The number of hydrogen-bond donors (Lipinski definition) is 1. The average molecular weight is 197 g/mol. The Morgan fingerprint density at radius 3 is 2.77 bits per heavy atom. The van der Waals surface area contributed by atoms with Crippen molar-refractivity contribution < 1.29 is 4.74 Å². The Kier molecular flexibility index (Phi) is 3.96. The molecule has 0 fully saturated rings. The molecule has 72 valence electrons. The van der Waals surface area contributed by atoms with Gasteiger partial charge in [0.05, 0.1) is 6.61 Å². The molecular formula is C10H15NOS. The fourth-order valence-electron chi connectivity index (χ4n) is 0.899. The molecule has 0 spiro atoms. The number of H-pyrrole nitrogens is 1. The fraction of sp³-hybridized carbons (Fsp3) is 0.500. The third kappa shape index (κ3) is 4.08. The summed E-state index contributed by atoms with van der Waals surface area (Å²) in [4.78, 5) is 2.93. The highest BCUT2D eigenvalue weighted by atomic mass is 32.1. The van der Waals surface area contributed by atoms with Gasteiger partial charge >= 0.3 is 0 Å². The van der Waals surface area contributed by atoms with Gasteiger partial charge in [0.2, 0.25) is 0 Å². The highest BCUT2D eigenvalue weighted by molar-refractivity contribution is 7.71. The lowest BCUT2D eigenvalue weighted by molar-refractivity contribution is 0.288. The fourth-order valence-corrected chi connectivity index (χ4v) is 1.03. The van der Waals surface area contributed by atoms with Crippen molar-refractivity contribution in [2.75, 3.05) is 6.61 Å². The summed E-state index contributed by atoms with van der Waals surface area (Å²) in [6, 6.07) is 3.72. The first-order valence-electron chi connectivity index (χ1n) is 4.50. The molecule has 1 heterocycles. The number of aromatic nitrogens is 1. The van der Waals surface area contributed by atoms with E-state index >= 15 is 0 Å². The zero-order valence-electron chi connectivity index (χ0n) is 8.04. The van der Waals surface area contributed by atoms with Crippen LogP contribution in [0.3, 0.4) is 0 Å². The lowest BCUT2D eigenvalue weighted by atomic mass is 10.1. The van der Waals surface area contributed by atoms with Crippen molar-refractivity contribution in [3.05, 3.63) is 23.0 Å². The van der Waals surface area contributed by atoms with Crippen molar-refractivity contribution in [2.45, 2.75) is 20.3 Å². The smallest absolute Gasteiger partial charge is 0.135 e. The van der Waals surface area contributed by atoms with Gasteiger partial charge in [-0.25, -0.2) is 0 Å². The third-order valence-electron chi connectivity index (χ3n) is 1.72. The topological polar surface area (TPSA) is 25.0 Å². The summed E-state index contributed by atoms with van der Waals surface area (Å²) < 4.78 is 6.23. The van der Waals surface area contributed by atoms with Crippen LogP contribution in [0.5, 0.6) is 5.75 Å². The van der Waals surface area contributed by atoms with E-state index in [0.29, 0.717) is 5.92 Å². The molecule has 0 bridgehead atoms. The van der Waals surface area contributed by atoms with Gasteiger partial charge in [0, 0.05) is 6.20 Å². The first-order valence-corrected chi connectivity index (χ1v) is 4.91. The number of rotatable bonds is 4. The second kappa shape index (κ2) is 5.02. The first kappa shape index (κ1) is 10.3. The van der Waals surface area contributed by atoms with Crippen molar-refractivity contribution in [3.8, 4) is 5.75 Å². The monoisotopic (exact) mass is 197 g/mol. The van der Waals surface area contributed by atoms with E-state index in [1.165, 1.54) is 0 Å². The maximum Gasteiger partial charge on any atom is 0.135 e. The first-order chi connectivity index (χ1) is 6.18. The summed E-state index contributed by atoms with van der Waals surface area (Å²) in [6.45, 7) is 5.13. The van der Waals surface area contributed by atoms with Gasteiger partial charge in [-0.05, 0) is 24.5 Å². The standard InChI is InChI=1S/C10H15NOS/c1-8(2)5-6-12-9-3-4-10(13)11-7-9/h3-4,7-8H,5-6H2,1-2H3,(H,11,13). The van der Waals surface area contributed by atoms with Crippen molar-refractivity contribution in [2.24, 2.45) is 5.92 Å². The SMILES string of the molecule is CC(C)CCOc1ccc(=S)[nH]c1. The molecule has 0 amide bonds. The van der Waals surface area contributed by atoms with Crippen LogP contribution in [-0.4, -0.2) is 11.6 Å². The number of aromatic amines is 1. The molecule has 0 aromatic carbocycles. The minimum absolute atomic E-state index is 0.683. The number of pyridine rings is 1. The van der Waals surface area contributed by atoms with E-state index in [9.17, 15) is 0 Å². The van der Waals surface area contributed by atoms with Gasteiger partial charge in [-0.2, -0.15) is 0 Å². The number of hydrogen-bond acceptors (Lipinski definition) is 2. The van der Waals surface area contributed by atoms with Gasteiger partial charge in [0.15, 0.2) is 0 Å². The van der Waals surface area contributed by atoms with Gasteiger partial charge < -0.3 is 9.72 Å². The quantitative estimate of drug-likeness (QED) is 0.750. The summed E-state index contributed by atoms with van der Waals surface area (Å²) in [6.07, 6.45) is 2.87. The Morgan fingerprint density at radius 1 is 1.46 bits per heavy atom. The second-order valence-electron chi connectivity index (χ2n) is 3.42. The lowest BCUT2D eigenvalue weighted by Gasteiger charge is -2.07. The maximum absolute atomic E-state index is 5.49. The van der Waals surface area contributed by atoms with E-state index in [4.69, 9.17) is 17.0 Å². The van der Waals surface area contributed by atoms with Crippen LogP contribution in [0.1, 0.15) is 20.3 Å². The molecule has 0 aliphatic rings. The molecule has 1 aromatic heterocycles. The summed E-state index contributed by atoms with van der Waals surface area (Å²) in [5.41, 5.74) is 0. The minimum atomic E-state index is 0.683. The molecule has 3 heteroatoms. The largest absolute Gasteiger partial charge is 0.492 e. The molecule has 1 rings (SSSR count). The van der Waals surface area contributed by atoms with Crippen LogP contribution in [-0.2, 0) is 0 Å². The van der Waals surface area contributed by atoms with E-state index in [1.54, 1.807) is 6.20 Å². The molecule has 2 nitrogen and oxygen atoms in total. The molecular weight excluding hydrogens is 182 g/mol. The van der Waals surface area contributed by atoms with Crippen LogP contribution in [0.4, 0.5) is 0 Å². The Labute approximate surface area is 83.9 Å². The van der Waals surface area contributed by atoms with Crippen molar-refractivity contribution in [1.82, 2.24) is 4.98 Å². The normalized spacial score (nSPS) is 10.4. The molecule has 1 N–H and O–H groups in total. The van der Waals surface area contributed by atoms with E-state index in [2.05, 4.69) is 18.8 Å². The summed E-state index contributed by atoms with van der Waals surface area (Å²) in [7, 11) is 0. The Hall–Kier alpha value is -0.830. The molecule has 0 saturated heterocycles. The zero-order valence-corrected chi connectivity index (χ0v) is 8.86. The Balaban J connectivity index is 2.37. The van der Waals surface area contributed by atoms with E-state index in [-0.39, 0.29) is 0 Å². The highest BCUT2D eigenvalue weighted by Gasteiger charge is 1.95. The van der Waals surface area contributed by atoms with Crippen LogP contribution in [0.2, 0.25) is 0 Å². The zero-order chi connectivity index (χ0) is 9.68. The van der Waals surface area contributed by atoms with Crippen LogP contribution >= 0.6 is 12.2 Å². The molecule has 0 unspecified atom stereocenters. The second-order valence-corrected chi connectivity index (χ2v) is 3.86. The Morgan fingerprint density at radius 2 is 2.23 bits per heavy atom. The number of ether oxygens (including phenoxy) is 1. The molecule has 0 radical (unpaired) electrons. The summed E-state index contributed by atoms with van der Waals surface area (Å²) >= 11 is 4.91. The Bertz CT molecular complexity index is 286. The van der Waals surface area contributed by atoms with Crippen molar-refractivity contribution in [3.63, 3.8) is 0 Å². The summed E-state index contributed by atoms with van der Waals surface area (Å²) in [5, 5.41) is 0. The van der Waals surface area contributed by atoms with Crippen molar-refractivity contribution >= 4 is 12.2 Å². The van der Waals surface area contributed by atoms with Gasteiger partial charge in [-0.3, -0.25) is 0 Å². The van der Waals surface area contributed by atoms with Crippen LogP contribution in [0, 0.1) is 10.6 Å². The van der Waals surface area contributed by atoms with Gasteiger partial charge in [0.1, 0.15) is 10.4 Å². The van der Waals surface area contributed by atoms with Gasteiger partial charge in [0.25, 0.3) is 0 Å². The van der Waals surface area contributed by atoms with Crippen LogP contribution in [0.25, 0.3) is 0 Å². The van der Waals surface area contributed by atoms with E-state index in [1.807, 2.05) is 12.1 Å². The van der Waals surface area contributed by atoms with Crippen LogP contribution < -0.4 is 4.74 Å². The van der Waals surface area contributed by atoms with E-state index in [0.717, 1.165) is 23.4 Å². The predicted molar refractivity (Wildman–Crippen MR) is 56.6 cm³/mol. The van der Waals surface area contributed by atoms with Crippen LogP contribution in [0.15, 0.2) is 18.3 Å². The maximum atomic E-state index is 5.49. The third-order valence-corrected chi connectivity index (χ3v) is 1.97. The van der Waals surface area contributed by atoms with Crippen molar-refractivity contribution in [1.29, 1.82) is 0 Å². The van der Waals surface area contributed by atoms with Gasteiger partial charge in [-0.1, -0.05) is 26.1 Å². The van der Waals surface area contributed by atoms with Gasteiger partial charge in [-0.15, -0.1) is 0 Å². The molecule has 0 aliphatic carbocycles. The molecule has 0 aliphatic heterocycles. The lowest BCUT2D eigenvalue weighted by Crippen LogP contribution is -2.01. The molecule has 1 aromatic rings. The number of nitrogens with one attached hydrogen (secondary N) is 1.